The van der Waals surface area contributed by atoms with Crippen LogP contribution in [0.5, 0.6) is 0 Å². The molecule has 0 radical (unpaired) electrons. The summed E-state index contributed by atoms with van der Waals surface area (Å²) in [5, 5.41) is 17.7. The first-order chi connectivity index (χ1) is 54.2. The third-order valence-electron chi connectivity index (χ3n) is 20.5. The van der Waals surface area contributed by atoms with Gasteiger partial charge in [0.05, 0.1) is 23.2 Å². The smallest absolute Gasteiger partial charge is 0.116 e. The zero-order chi connectivity index (χ0) is 74.5. The van der Waals surface area contributed by atoms with Gasteiger partial charge in [0.15, 0.2) is 0 Å². The number of anilines is 3. The highest BCUT2D eigenvalue weighted by Crippen LogP contribution is 2.37. The third kappa shape index (κ3) is 16.2. The normalized spacial score (nSPS) is 16.8. The number of nitrogens with zero attached hydrogens (tertiary/aromatic N) is 3. The van der Waals surface area contributed by atoms with Crippen molar-refractivity contribution in [3.63, 3.8) is 0 Å². The van der Waals surface area contributed by atoms with E-state index in [1.54, 1.807) is 0 Å². The van der Waals surface area contributed by atoms with E-state index in [1.807, 2.05) is 6.07 Å². The zero-order valence-corrected chi connectivity index (χ0v) is 62.2. The maximum absolute atomic E-state index is 4.97. The molecule has 8 nitrogen and oxygen atoms in total. The summed E-state index contributed by atoms with van der Waals surface area (Å²) in [5.74, 6) is 0. The van der Waals surface area contributed by atoms with E-state index in [9.17, 15) is 0 Å². The van der Waals surface area contributed by atoms with Crippen LogP contribution >= 0.6 is 0 Å². The molecule has 0 fully saturated rings. The number of nitrogens with one attached hydrogen (secondary N) is 5. The van der Waals surface area contributed by atoms with Gasteiger partial charge in [0.2, 0.25) is 0 Å². The molecule has 5 atom stereocenters. The Morgan fingerprint density at radius 1 is 0.245 bits per heavy atom. The number of allylic oxidation sites excluding steroid dienone is 3. The summed E-state index contributed by atoms with van der Waals surface area (Å²) in [6, 6.07) is 128. The molecule has 5 unspecified atom stereocenters. The lowest BCUT2D eigenvalue weighted by Gasteiger charge is -2.35. The fourth-order valence-corrected chi connectivity index (χ4v) is 15.1. The van der Waals surface area contributed by atoms with E-state index in [4.69, 9.17) is 15.0 Å². The van der Waals surface area contributed by atoms with Crippen molar-refractivity contribution >= 4 is 34.2 Å². The van der Waals surface area contributed by atoms with E-state index in [0.717, 1.165) is 67.6 Å². The van der Waals surface area contributed by atoms with Crippen LogP contribution in [0.3, 0.4) is 0 Å². The summed E-state index contributed by atoms with van der Waals surface area (Å²) in [5.41, 5.74) is 34.4. The molecule has 0 spiro atoms. The molecule has 4 aliphatic heterocycles. The first-order valence-electron chi connectivity index (χ1n) is 38.0. The summed E-state index contributed by atoms with van der Waals surface area (Å²) < 4.78 is 0. The molecule has 5 N–H and O–H groups in total. The molecule has 0 saturated carbocycles. The first-order valence-corrected chi connectivity index (χ1v) is 38.0. The Hall–Kier alpha value is -13.5. The summed E-state index contributed by atoms with van der Waals surface area (Å²) >= 11 is 0. The molecule has 110 heavy (non-hydrogen) atoms. The molecule has 4 heterocycles. The molecule has 534 valence electrons. The number of rotatable bonds is 11. The van der Waals surface area contributed by atoms with Gasteiger partial charge in [-0.25, -0.2) is 0 Å². The van der Waals surface area contributed by atoms with E-state index >= 15 is 0 Å². The van der Waals surface area contributed by atoms with Crippen molar-refractivity contribution in [1.29, 1.82) is 0 Å². The van der Waals surface area contributed by atoms with Crippen LogP contribution in [0.2, 0.25) is 0 Å². The van der Waals surface area contributed by atoms with Crippen LogP contribution in [0.15, 0.2) is 415 Å². The first kappa shape index (κ1) is 70.8. The van der Waals surface area contributed by atoms with E-state index in [-0.39, 0.29) is 30.7 Å². The Balaban J connectivity index is 0.000000112. The molecule has 8 heteroatoms. The van der Waals surface area contributed by atoms with Crippen molar-refractivity contribution in [3.05, 3.63) is 439 Å². The van der Waals surface area contributed by atoms with E-state index in [0.29, 0.717) is 0 Å². The molecule has 0 amide bonds. The Kier molecular flexibility index (Phi) is 21.3. The Morgan fingerprint density at radius 3 is 1.02 bits per heavy atom. The van der Waals surface area contributed by atoms with E-state index in [2.05, 4.69) is 436 Å². The minimum absolute atomic E-state index is 0.0421. The lowest BCUT2D eigenvalue weighted by atomic mass is 9.91. The van der Waals surface area contributed by atoms with Crippen LogP contribution in [0.25, 0.3) is 77.9 Å². The molecule has 0 bridgehead atoms. The second-order valence-corrected chi connectivity index (χ2v) is 28.1. The van der Waals surface area contributed by atoms with Crippen molar-refractivity contribution in [3.8, 4) is 77.9 Å². The van der Waals surface area contributed by atoms with Gasteiger partial charge in [0.1, 0.15) is 24.7 Å². The fraction of sp³-hybridized carbons (Fsp3) is 0.0882. The van der Waals surface area contributed by atoms with Crippen molar-refractivity contribution < 1.29 is 0 Å². The van der Waals surface area contributed by atoms with Crippen molar-refractivity contribution in [2.45, 2.75) is 58.4 Å². The molecule has 5 aliphatic rings. The maximum atomic E-state index is 4.97. The highest BCUT2D eigenvalue weighted by atomic mass is 15.2. The van der Waals surface area contributed by atoms with Crippen molar-refractivity contribution in [2.75, 3.05) is 16.0 Å². The fourth-order valence-electron chi connectivity index (χ4n) is 15.1. The minimum atomic E-state index is 0.0421. The lowest BCUT2D eigenvalue weighted by Crippen LogP contribution is -2.46. The monoisotopic (exact) mass is 1420 g/mol. The average molecular weight is 1420 g/mol. The lowest BCUT2D eigenvalue weighted by molar-refractivity contribution is 0.432. The van der Waals surface area contributed by atoms with Crippen LogP contribution < -0.4 is 26.6 Å². The number of fused-ring (bicyclic) bond motifs is 4. The van der Waals surface area contributed by atoms with Gasteiger partial charge < -0.3 is 21.3 Å². The third-order valence-corrected chi connectivity index (χ3v) is 20.5. The predicted molar refractivity (Wildman–Crippen MR) is 463 cm³/mol. The quantitative estimate of drug-likeness (QED) is 0.0889. The number of hydrogen-bond acceptors (Lipinski definition) is 8. The van der Waals surface area contributed by atoms with Crippen LogP contribution in [-0.4, -0.2) is 41.7 Å². The second-order valence-electron chi connectivity index (χ2n) is 28.1. The number of benzene rings is 14. The van der Waals surface area contributed by atoms with Crippen LogP contribution in [0.4, 0.5) is 17.1 Å². The zero-order valence-electron chi connectivity index (χ0n) is 62.2. The molecule has 0 aromatic heterocycles. The maximum Gasteiger partial charge on any atom is 0.116 e. The standard InChI is InChI=1S/3C27H22N2.C21H20N2/c1-19-28-26-15-9-8-14-25(26)27(29-19)24-17-22(20-10-4-2-5-11-20)16-23(18-24)21-12-6-3-7-13-21;1-19-28-26-13-6-5-12-25(26)27(29-19)22-16-14-21(15-17-22)24-11-7-10-23(18-24)20-8-3-2-4-9-20;1-19-28-26-13-6-5-12-25(26)27(29-19)24-11-7-10-23(18-24)22-16-14-21(15-17-22)20-8-3-2-4-9-20;1-15-17-11-7-8-14-20(17)23-21(22-15)19-13-6-5-12-18(19)16-9-3-2-4-10-16/h3*2-19,28H,1H3;2-14,20-23H,1H3. The molecule has 1 aliphatic carbocycles. The largest absolute Gasteiger partial charge is 0.369 e. The van der Waals surface area contributed by atoms with Crippen molar-refractivity contribution in [1.82, 2.24) is 10.6 Å². The SMILES string of the molecule is CC1=C2C=CC=CC2NC(c2ccccc2-c2ccccc2)N1.CC1N=C(c2cc(-c3ccccc3)cc(-c3ccccc3)c2)c2ccccc2N1.CC1N=C(c2ccc(-c3cccc(-c4ccccc4)c3)cc2)c2ccccc2N1.CC1N=C(c2cccc(-c3ccc(-c4ccccc4)cc3)c2)c2ccccc2N1. The highest BCUT2D eigenvalue weighted by molar-refractivity contribution is 6.19. The molecular formula is C102H86N8. The number of para-hydroxylation sites is 3. The number of hydrogen-bond donors (Lipinski definition) is 5. The summed E-state index contributed by atoms with van der Waals surface area (Å²) in [6.07, 6.45) is 8.89. The highest BCUT2D eigenvalue weighted by Gasteiger charge is 2.28. The Labute approximate surface area is 646 Å². The van der Waals surface area contributed by atoms with Crippen LogP contribution in [0, 0.1) is 0 Å². The summed E-state index contributed by atoms with van der Waals surface area (Å²) in [7, 11) is 0. The summed E-state index contributed by atoms with van der Waals surface area (Å²) in [4.78, 5) is 14.7. The van der Waals surface area contributed by atoms with Crippen molar-refractivity contribution in [2.24, 2.45) is 15.0 Å². The summed E-state index contributed by atoms with van der Waals surface area (Å²) in [6.45, 7) is 8.42. The minimum Gasteiger partial charge on any atom is -0.369 e. The van der Waals surface area contributed by atoms with Gasteiger partial charge in [-0.2, -0.15) is 0 Å². The second kappa shape index (κ2) is 33.1. The average Bonchev–Trinajstić information content (AvgIpc) is 0.788. The topological polar surface area (TPSA) is 97.2 Å². The molecular weight excluding hydrogens is 1340 g/mol. The number of aliphatic imine (C=N–C) groups is 3. The van der Waals surface area contributed by atoms with Gasteiger partial charge in [0.25, 0.3) is 0 Å². The molecule has 14 aromatic rings. The molecule has 14 aromatic carbocycles. The van der Waals surface area contributed by atoms with Gasteiger partial charge in [0, 0.05) is 56.1 Å². The molecule has 19 rings (SSSR count). The van der Waals surface area contributed by atoms with Gasteiger partial charge in [-0.15, -0.1) is 0 Å². The predicted octanol–water partition coefficient (Wildman–Crippen LogP) is 24.2. The van der Waals surface area contributed by atoms with Gasteiger partial charge in [-0.3, -0.25) is 20.3 Å². The van der Waals surface area contributed by atoms with Crippen LogP contribution in [0.1, 0.15) is 72.8 Å². The van der Waals surface area contributed by atoms with Gasteiger partial charge in [-0.05, 0) is 165 Å². The Bertz CT molecular complexity index is 5690. The Morgan fingerprint density at radius 2 is 0.555 bits per heavy atom. The van der Waals surface area contributed by atoms with Crippen LogP contribution in [-0.2, 0) is 0 Å². The van der Waals surface area contributed by atoms with E-state index < -0.39 is 0 Å². The molecule has 0 saturated heterocycles. The van der Waals surface area contributed by atoms with Gasteiger partial charge in [-0.1, -0.05) is 340 Å². The van der Waals surface area contributed by atoms with E-state index in [1.165, 1.54) is 94.7 Å². The van der Waals surface area contributed by atoms with Gasteiger partial charge >= 0.3 is 0 Å².